The number of carbonyl (C=O) groups excluding carboxylic acids is 1. The predicted molar refractivity (Wildman–Crippen MR) is 47.6 cm³/mol. The van der Waals surface area contributed by atoms with E-state index in [1.165, 1.54) is 0 Å². The Labute approximate surface area is 72.6 Å². The third kappa shape index (κ3) is 0.521. The van der Waals surface area contributed by atoms with Crippen LogP contribution in [0.2, 0.25) is 0 Å². The van der Waals surface area contributed by atoms with Crippen LogP contribution in [0.3, 0.4) is 0 Å². The molecule has 0 aromatic heterocycles. The normalized spacial score (nSPS) is 44.2. The smallest absolute Gasteiger partial charge is 0.235 e. The van der Waals surface area contributed by atoms with Gasteiger partial charge in [-0.05, 0) is 13.8 Å². The van der Waals surface area contributed by atoms with Crippen molar-refractivity contribution >= 4 is 5.91 Å². The minimum Gasteiger partial charge on any atom is -0.335 e. The second-order valence-corrected chi connectivity index (χ2v) is 3.93. The van der Waals surface area contributed by atoms with Crippen LogP contribution in [0.5, 0.6) is 0 Å². The summed E-state index contributed by atoms with van der Waals surface area (Å²) in [7, 11) is 1.85. The maximum Gasteiger partial charge on any atom is 0.235 e. The number of rotatable bonds is 0. The zero-order chi connectivity index (χ0) is 8.98. The summed E-state index contributed by atoms with van der Waals surface area (Å²) < 4.78 is 0. The molecule has 0 saturated carbocycles. The van der Waals surface area contributed by atoms with Crippen LogP contribution in [0.25, 0.3) is 0 Å². The number of fused-ring (bicyclic) bond motifs is 1. The van der Waals surface area contributed by atoms with Crippen LogP contribution in [0, 0.1) is 5.41 Å². The number of hydrogen-bond acceptors (Lipinski definition) is 1. The Balaban J connectivity index is 2.49. The van der Waals surface area contributed by atoms with Gasteiger partial charge in [0.15, 0.2) is 0 Å². The molecule has 1 amide bonds. The lowest BCUT2D eigenvalue weighted by Crippen LogP contribution is -2.73. The molecule has 0 spiro atoms. The first-order valence-corrected chi connectivity index (χ1v) is 4.18. The Kier molecular flexibility index (Phi) is 1.15. The highest BCUT2D eigenvalue weighted by molar-refractivity contribution is 5.94. The Bertz CT molecular complexity index is 305. The molecule has 2 aliphatic rings. The lowest BCUT2D eigenvalue weighted by Gasteiger charge is -2.59. The standard InChI is InChI=1S/C10H13NO/c1-9-6-4-5-7-10(9,2)11(3)8(9)12/h4-7H,1-3H3/t9-,10+/m1/s1. The van der Waals surface area contributed by atoms with Gasteiger partial charge in [0.05, 0.1) is 11.0 Å². The third-order valence-corrected chi connectivity index (χ3v) is 3.46. The molecule has 12 heavy (non-hydrogen) atoms. The summed E-state index contributed by atoms with van der Waals surface area (Å²) in [6.07, 6.45) is 8.04. The first-order valence-electron chi connectivity index (χ1n) is 4.18. The second-order valence-electron chi connectivity index (χ2n) is 3.93. The van der Waals surface area contributed by atoms with Gasteiger partial charge in [0.2, 0.25) is 5.91 Å². The molecule has 2 rings (SSSR count). The van der Waals surface area contributed by atoms with Crippen LogP contribution < -0.4 is 0 Å². The molecule has 2 nitrogen and oxygen atoms in total. The molecule has 0 radical (unpaired) electrons. The number of likely N-dealkylation sites (N-methyl/N-ethyl adjacent to an activating group) is 1. The van der Waals surface area contributed by atoms with E-state index in [-0.39, 0.29) is 16.9 Å². The minimum atomic E-state index is -0.295. The highest BCUT2D eigenvalue weighted by atomic mass is 16.2. The number of β-lactam (4-membered cyclic amide) rings is 1. The second kappa shape index (κ2) is 1.82. The average Bonchev–Trinajstić information content (AvgIpc) is 2.08. The highest BCUT2D eigenvalue weighted by Crippen LogP contribution is 2.50. The average molecular weight is 163 g/mol. The maximum atomic E-state index is 11.6. The van der Waals surface area contributed by atoms with Crippen LogP contribution in [0.1, 0.15) is 13.8 Å². The molecule has 0 bridgehead atoms. The van der Waals surface area contributed by atoms with Gasteiger partial charge in [-0.1, -0.05) is 24.3 Å². The molecule has 0 N–H and O–H groups in total. The molecule has 0 unspecified atom stereocenters. The van der Waals surface area contributed by atoms with Crippen LogP contribution in [-0.2, 0) is 4.79 Å². The topological polar surface area (TPSA) is 20.3 Å². The molecule has 1 saturated heterocycles. The van der Waals surface area contributed by atoms with Gasteiger partial charge in [0, 0.05) is 7.05 Å². The van der Waals surface area contributed by atoms with Crippen molar-refractivity contribution < 1.29 is 4.79 Å². The SMILES string of the molecule is CN1C(=O)[C@@]2(C)C=CC=C[C@]12C. The van der Waals surface area contributed by atoms with Crippen molar-refractivity contribution in [1.29, 1.82) is 0 Å². The van der Waals surface area contributed by atoms with Gasteiger partial charge in [-0.15, -0.1) is 0 Å². The van der Waals surface area contributed by atoms with E-state index in [1.54, 1.807) is 4.90 Å². The number of carbonyl (C=O) groups is 1. The van der Waals surface area contributed by atoms with Crippen molar-refractivity contribution in [3.63, 3.8) is 0 Å². The van der Waals surface area contributed by atoms with Crippen molar-refractivity contribution in [3.05, 3.63) is 24.3 Å². The zero-order valence-corrected chi connectivity index (χ0v) is 7.66. The van der Waals surface area contributed by atoms with E-state index in [4.69, 9.17) is 0 Å². The van der Waals surface area contributed by atoms with E-state index in [0.29, 0.717) is 0 Å². The molecule has 0 aromatic rings. The minimum absolute atomic E-state index is 0.0984. The van der Waals surface area contributed by atoms with Gasteiger partial charge in [-0.2, -0.15) is 0 Å². The van der Waals surface area contributed by atoms with Gasteiger partial charge >= 0.3 is 0 Å². The van der Waals surface area contributed by atoms with E-state index in [1.807, 2.05) is 32.2 Å². The zero-order valence-electron chi connectivity index (χ0n) is 7.66. The quantitative estimate of drug-likeness (QED) is 0.494. The highest BCUT2D eigenvalue weighted by Gasteiger charge is 2.62. The molecule has 1 fully saturated rings. The first kappa shape index (κ1) is 7.59. The summed E-state index contributed by atoms with van der Waals surface area (Å²) in [6.45, 7) is 4.09. The summed E-state index contributed by atoms with van der Waals surface area (Å²) >= 11 is 0. The number of allylic oxidation sites excluding steroid dienone is 2. The number of nitrogens with zero attached hydrogens (tertiary/aromatic N) is 1. The number of amides is 1. The van der Waals surface area contributed by atoms with E-state index in [2.05, 4.69) is 13.0 Å². The number of hydrogen-bond donors (Lipinski definition) is 0. The molecular formula is C10H13NO. The van der Waals surface area contributed by atoms with Crippen molar-refractivity contribution in [2.24, 2.45) is 5.41 Å². The molecule has 2 atom stereocenters. The summed E-state index contributed by atoms with van der Waals surface area (Å²) in [6, 6.07) is 0. The molecular weight excluding hydrogens is 150 g/mol. The van der Waals surface area contributed by atoms with E-state index in [9.17, 15) is 4.79 Å². The van der Waals surface area contributed by atoms with Crippen molar-refractivity contribution in [3.8, 4) is 0 Å². The molecule has 2 heteroatoms. The molecule has 1 aliphatic carbocycles. The van der Waals surface area contributed by atoms with Crippen LogP contribution >= 0.6 is 0 Å². The number of likely N-dealkylation sites (tertiary alicyclic amines) is 1. The summed E-state index contributed by atoms with van der Waals surface area (Å²) in [5.74, 6) is 0.214. The lowest BCUT2D eigenvalue weighted by atomic mass is 9.60. The first-order chi connectivity index (χ1) is 5.52. The van der Waals surface area contributed by atoms with E-state index < -0.39 is 0 Å². The Morgan fingerprint density at radius 3 is 2.42 bits per heavy atom. The third-order valence-electron chi connectivity index (χ3n) is 3.46. The maximum absolute atomic E-state index is 11.6. The molecule has 0 aromatic carbocycles. The van der Waals surface area contributed by atoms with Gasteiger partial charge in [0.1, 0.15) is 0 Å². The van der Waals surface area contributed by atoms with Crippen LogP contribution in [0.4, 0.5) is 0 Å². The summed E-state index contributed by atoms with van der Waals surface area (Å²) in [5, 5.41) is 0. The van der Waals surface area contributed by atoms with E-state index >= 15 is 0 Å². The van der Waals surface area contributed by atoms with Crippen LogP contribution in [0.15, 0.2) is 24.3 Å². The molecule has 1 heterocycles. The molecule has 1 aliphatic heterocycles. The Morgan fingerprint density at radius 2 is 1.83 bits per heavy atom. The van der Waals surface area contributed by atoms with Crippen LogP contribution in [-0.4, -0.2) is 23.4 Å². The van der Waals surface area contributed by atoms with Gasteiger partial charge < -0.3 is 4.90 Å². The summed E-state index contributed by atoms with van der Waals surface area (Å²) in [4.78, 5) is 13.4. The van der Waals surface area contributed by atoms with Crippen molar-refractivity contribution in [2.45, 2.75) is 19.4 Å². The fraction of sp³-hybridized carbons (Fsp3) is 0.500. The van der Waals surface area contributed by atoms with Gasteiger partial charge in [0.25, 0.3) is 0 Å². The fourth-order valence-corrected chi connectivity index (χ4v) is 2.09. The Hall–Kier alpha value is -1.05. The Morgan fingerprint density at radius 1 is 1.25 bits per heavy atom. The van der Waals surface area contributed by atoms with E-state index in [0.717, 1.165) is 0 Å². The summed E-state index contributed by atoms with van der Waals surface area (Å²) in [5.41, 5.74) is -0.394. The van der Waals surface area contributed by atoms with Crippen molar-refractivity contribution in [1.82, 2.24) is 4.90 Å². The van der Waals surface area contributed by atoms with Gasteiger partial charge in [-0.3, -0.25) is 4.79 Å². The fourth-order valence-electron chi connectivity index (χ4n) is 2.09. The molecule has 64 valence electrons. The monoisotopic (exact) mass is 163 g/mol. The van der Waals surface area contributed by atoms with Crippen molar-refractivity contribution in [2.75, 3.05) is 7.05 Å². The predicted octanol–water partition coefficient (Wildman–Crippen LogP) is 1.35. The largest absolute Gasteiger partial charge is 0.335 e. The lowest BCUT2D eigenvalue weighted by molar-refractivity contribution is -0.169. The van der Waals surface area contributed by atoms with Gasteiger partial charge in [-0.25, -0.2) is 0 Å².